The van der Waals surface area contributed by atoms with Crippen molar-refractivity contribution in [2.75, 3.05) is 10.6 Å². The van der Waals surface area contributed by atoms with Crippen LogP contribution >= 0.6 is 0 Å². The van der Waals surface area contributed by atoms with E-state index in [9.17, 15) is 22.8 Å². The van der Waals surface area contributed by atoms with Gasteiger partial charge in [-0.05, 0) is 30.3 Å². The Hall–Kier alpha value is -4.34. The number of nitrogens with one attached hydrogen (secondary N) is 2. The monoisotopic (exact) mass is 423 g/mol. The second-order valence-electron chi connectivity index (χ2n) is 6.35. The number of ketones is 1. The molecule has 4 aromatic rings. The molecule has 0 aliphatic heterocycles. The fourth-order valence-electron chi connectivity index (χ4n) is 2.82. The molecule has 0 atom stereocenters. The minimum Gasteiger partial charge on any atom is -0.308 e. The largest absolute Gasteiger partial charge is 0.323 e. The van der Waals surface area contributed by atoms with Crippen molar-refractivity contribution in [1.82, 2.24) is 15.0 Å². The third-order valence-electron chi connectivity index (χ3n) is 4.20. The fraction of sp³-hybridized carbons (Fsp3) is 0. The number of hydrogen-bond acceptors (Lipinski definition) is 5. The van der Waals surface area contributed by atoms with Crippen LogP contribution in [-0.4, -0.2) is 26.8 Å². The van der Waals surface area contributed by atoms with Crippen molar-refractivity contribution >= 4 is 34.2 Å². The summed E-state index contributed by atoms with van der Waals surface area (Å²) in [5.41, 5.74) is -0.0559. The summed E-state index contributed by atoms with van der Waals surface area (Å²) >= 11 is 0. The van der Waals surface area contributed by atoms with Crippen molar-refractivity contribution < 1.29 is 22.8 Å². The summed E-state index contributed by atoms with van der Waals surface area (Å²) in [6.07, 6.45) is 4.15. The molecule has 0 fully saturated rings. The zero-order chi connectivity index (χ0) is 22.0. The minimum absolute atomic E-state index is 0.151. The molecule has 0 unspecified atom stereocenters. The number of rotatable bonds is 4. The Bertz CT molecular complexity index is 1330. The van der Waals surface area contributed by atoms with Crippen LogP contribution in [0.1, 0.15) is 16.1 Å². The summed E-state index contributed by atoms with van der Waals surface area (Å²) in [6.45, 7) is 0. The van der Waals surface area contributed by atoms with Gasteiger partial charge < -0.3 is 10.6 Å². The van der Waals surface area contributed by atoms with Crippen LogP contribution in [0.2, 0.25) is 0 Å². The molecular formula is C21H12F3N5O2. The predicted molar refractivity (Wildman–Crippen MR) is 106 cm³/mol. The normalized spacial score (nSPS) is 10.7. The highest BCUT2D eigenvalue weighted by molar-refractivity contribution is 6.10. The van der Waals surface area contributed by atoms with Crippen LogP contribution < -0.4 is 10.6 Å². The SMILES string of the molecule is O=C(Nc1cccc(F)c1)Nc1cc(F)c(F)c(C(=O)c2cc3nccnc3cn2)c1. The Morgan fingerprint density at radius 2 is 1.55 bits per heavy atom. The molecule has 2 heterocycles. The first-order valence-electron chi connectivity index (χ1n) is 8.85. The Morgan fingerprint density at radius 3 is 2.32 bits per heavy atom. The summed E-state index contributed by atoms with van der Waals surface area (Å²) < 4.78 is 41.7. The van der Waals surface area contributed by atoms with Crippen molar-refractivity contribution in [3.63, 3.8) is 0 Å². The quantitative estimate of drug-likeness (QED) is 0.477. The van der Waals surface area contributed by atoms with E-state index in [0.29, 0.717) is 11.0 Å². The van der Waals surface area contributed by atoms with E-state index in [2.05, 4.69) is 25.6 Å². The lowest BCUT2D eigenvalue weighted by Gasteiger charge is -2.10. The summed E-state index contributed by atoms with van der Waals surface area (Å²) in [6, 6.07) is 7.27. The van der Waals surface area contributed by atoms with E-state index < -0.39 is 34.8 Å². The second-order valence-corrected chi connectivity index (χ2v) is 6.35. The van der Waals surface area contributed by atoms with E-state index in [1.807, 2.05) is 0 Å². The first-order valence-corrected chi connectivity index (χ1v) is 8.85. The van der Waals surface area contributed by atoms with Gasteiger partial charge in [0.15, 0.2) is 11.6 Å². The van der Waals surface area contributed by atoms with Crippen LogP contribution in [0.15, 0.2) is 61.1 Å². The van der Waals surface area contributed by atoms with Crippen molar-refractivity contribution in [1.29, 1.82) is 0 Å². The average Bonchev–Trinajstić information content (AvgIpc) is 2.75. The molecule has 31 heavy (non-hydrogen) atoms. The number of amides is 2. The maximum atomic E-state index is 14.3. The molecule has 154 valence electrons. The molecule has 0 aliphatic carbocycles. The number of carbonyl (C=O) groups excluding carboxylic acids is 2. The van der Waals surface area contributed by atoms with Crippen molar-refractivity contribution in [3.8, 4) is 0 Å². The van der Waals surface area contributed by atoms with Crippen LogP contribution in [-0.2, 0) is 0 Å². The number of carbonyl (C=O) groups is 2. The minimum atomic E-state index is -1.39. The molecule has 0 saturated carbocycles. The number of anilines is 2. The zero-order valence-corrected chi connectivity index (χ0v) is 15.6. The van der Waals surface area contributed by atoms with Gasteiger partial charge in [0.2, 0.25) is 5.78 Å². The van der Waals surface area contributed by atoms with Gasteiger partial charge in [-0.1, -0.05) is 6.07 Å². The third kappa shape index (κ3) is 4.32. The van der Waals surface area contributed by atoms with Crippen molar-refractivity contribution in [3.05, 3.63) is 89.8 Å². The van der Waals surface area contributed by atoms with E-state index >= 15 is 0 Å². The van der Waals surface area contributed by atoms with Gasteiger partial charge >= 0.3 is 6.03 Å². The molecule has 4 rings (SSSR count). The Morgan fingerprint density at radius 1 is 0.806 bits per heavy atom. The lowest BCUT2D eigenvalue weighted by Crippen LogP contribution is -2.20. The molecule has 0 bridgehead atoms. The highest BCUT2D eigenvalue weighted by atomic mass is 19.2. The van der Waals surface area contributed by atoms with Gasteiger partial charge in [0.25, 0.3) is 0 Å². The molecular weight excluding hydrogens is 411 g/mol. The van der Waals surface area contributed by atoms with E-state index in [-0.39, 0.29) is 17.1 Å². The predicted octanol–water partition coefficient (Wildman–Crippen LogP) is 4.32. The van der Waals surface area contributed by atoms with E-state index in [4.69, 9.17) is 0 Å². The number of hydrogen-bond donors (Lipinski definition) is 2. The van der Waals surface area contributed by atoms with Crippen LogP contribution in [0.5, 0.6) is 0 Å². The highest BCUT2D eigenvalue weighted by Gasteiger charge is 2.21. The lowest BCUT2D eigenvalue weighted by molar-refractivity contribution is 0.102. The molecule has 2 aromatic carbocycles. The molecule has 0 radical (unpaired) electrons. The Labute approximate surface area is 173 Å². The van der Waals surface area contributed by atoms with Crippen molar-refractivity contribution in [2.45, 2.75) is 0 Å². The molecule has 2 amide bonds. The maximum absolute atomic E-state index is 14.3. The maximum Gasteiger partial charge on any atom is 0.323 e. The highest BCUT2D eigenvalue weighted by Crippen LogP contribution is 2.22. The van der Waals surface area contributed by atoms with Gasteiger partial charge in [0.05, 0.1) is 17.3 Å². The number of pyridine rings is 1. The summed E-state index contributed by atoms with van der Waals surface area (Å²) in [7, 11) is 0. The van der Waals surface area contributed by atoms with Gasteiger partial charge in [0.1, 0.15) is 17.0 Å². The third-order valence-corrected chi connectivity index (χ3v) is 4.20. The molecule has 7 nitrogen and oxygen atoms in total. The Balaban J connectivity index is 1.61. The van der Waals surface area contributed by atoms with Gasteiger partial charge in [-0.25, -0.2) is 18.0 Å². The first kappa shape index (κ1) is 20.0. The number of benzene rings is 2. The molecule has 2 aromatic heterocycles. The fourth-order valence-corrected chi connectivity index (χ4v) is 2.82. The standard InChI is InChI=1S/C21H12F3N5O2/c22-11-2-1-3-12(6-11)28-21(31)29-13-7-14(19(24)15(23)8-13)20(30)17-9-16-18(10-27-17)26-5-4-25-16/h1-10H,(H2,28,29,31). The Kier molecular flexibility index (Phi) is 5.27. The van der Waals surface area contributed by atoms with Gasteiger partial charge in [0, 0.05) is 29.8 Å². The molecule has 0 saturated heterocycles. The van der Waals surface area contributed by atoms with Crippen LogP contribution in [0.3, 0.4) is 0 Å². The lowest BCUT2D eigenvalue weighted by atomic mass is 10.1. The number of nitrogens with zero attached hydrogens (tertiary/aromatic N) is 3. The van der Waals surface area contributed by atoms with Crippen LogP contribution in [0.25, 0.3) is 11.0 Å². The number of halogens is 3. The van der Waals surface area contributed by atoms with Gasteiger partial charge in [-0.3, -0.25) is 19.7 Å². The molecule has 10 heteroatoms. The van der Waals surface area contributed by atoms with E-state index in [0.717, 1.165) is 18.2 Å². The molecule has 2 N–H and O–H groups in total. The average molecular weight is 423 g/mol. The smallest absolute Gasteiger partial charge is 0.308 e. The number of aromatic nitrogens is 3. The second kappa shape index (κ2) is 8.19. The first-order chi connectivity index (χ1) is 14.9. The summed E-state index contributed by atoms with van der Waals surface area (Å²) in [5, 5.41) is 4.63. The molecule has 0 spiro atoms. The topological polar surface area (TPSA) is 96.9 Å². The van der Waals surface area contributed by atoms with Gasteiger partial charge in [-0.15, -0.1) is 0 Å². The van der Waals surface area contributed by atoms with Crippen LogP contribution in [0.4, 0.5) is 29.3 Å². The number of urea groups is 1. The van der Waals surface area contributed by atoms with E-state index in [1.54, 1.807) is 0 Å². The zero-order valence-electron chi connectivity index (χ0n) is 15.6. The van der Waals surface area contributed by atoms with Crippen molar-refractivity contribution in [2.24, 2.45) is 0 Å². The number of fused-ring (bicyclic) bond motifs is 1. The molecule has 0 aliphatic rings. The van der Waals surface area contributed by atoms with Crippen LogP contribution in [0, 0.1) is 17.5 Å². The van der Waals surface area contributed by atoms with E-state index in [1.165, 1.54) is 42.9 Å². The summed E-state index contributed by atoms with van der Waals surface area (Å²) in [5.74, 6) is -4.20. The van der Waals surface area contributed by atoms with Gasteiger partial charge in [-0.2, -0.15) is 0 Å². The summed E-state index contributed by atoms with van der Waals surface area (Å²) in [4.78, 5) is 36.9.